The smallest absolute Gasteiger partial charge is 0.0530 e. The molecule has 0 aromatic heterocycles. The third kappa shape index (κ3) is 14.6. The van der Waals surface area contributed by atoms with Crippen molar-refractivity contribution in [3.05, 3.63) is 0 Å². The van der Waals surface area contributed by atoms with Crippen molar-refractivity contribution in [2.24, 2.45) is 0 Å². The molecule has 0 aromatic rings. The lowest BCUT2D eigenvalue weighted by atomic mass is 10.1. The molecule has 0 aliphatic rings. The van der Waals surface area contributed by atoms with Gasteiger partial charge in [0.15, 0.2) is 0 Å². The highest BCUT2D eigenvalue weighted by Gasteiger charge is 1.93. The zero-order chi connectivity index (χ0) is 11.9. The summed E-state index contributed by atoms with van der Waals surface area (Å²) in [6.07, 6.45) is 10.1. The molecule has 0 rings (SSSR count). The molecule has 0 saturated heterocycles. The largest absolute Gasteiger partial charge is 0.396 e. The fourth-order valence-corrected chi connectivity index (χ4v) is 3.41. The molecule has 2 N–H and O–H groups in total. The molecular weight excluding hydrogens is 240 g/mol. The van der Waals surface area contributed by atoms with Gasteiger partial charge in [-0.1, -0.05) is 60.1 Å². The zero-order valence-corrected chi connectivity index (χ0v) is 11.8. The van der Waals surface area contributed by atoms with Crippen LogP contribution in [-0.2, 0) is 0 Å². The first-order valence-electron chi connectivity index (χ1n) is 6.38. The highest BCUT2D eigenvalue weighted by Crippen LogP contribution is 2.22. The number of hydrogen-bond donors (Lipinski definition) is 2. The molecule has 0 heterocycles. The third-order valence-corrected chi connectivity index (χ3v) is 4.86. The quantitative estimate of drug-likeness (QED) is 0.395. The van der Waals surface area contributed by atoms with Crippen molar-refractivity contribution in [3.63, 3.8) is 0 Å². The lowest BCUT2D eigenvalue weighted by Crippen LogP contribution is -1.85. The molecule has 0 radical (unpaired) electrons. The van der Waals surface area contributed by atoms with E-state index in [9.17, 15) is 0 Å². The minimum atomic E-state index is 0.297. The highest BCUT2D eigenvalue weighted by molar-refractivity contribution is 8.76. The molecule has 0 saturated carbocycles. The van der Waals surface area contributed by atoms with Crippen LogP contribution in [0.1, 0.15) is 51.4 Å². The van der Waals surface area contributed by atoms with Crippen LogP contribution >= 0.6 is 21.6 Å². The number of hydrogen-bond acceptors (Lipinski definition) is 4. The van der Waals surface area contributed by atoms with Crippen molar-refractivity contribution in [2.45, 2.75) is 51.4 Å². The van der Waals surface area contributed by atoms with E-state index in [2.05, 4.69) is 0 Å². The van der Waals surface area contributed by atoms with E-state index in [0.29, 0.717) is 13.2 Å². The first-order chi connectivity index (χ1) is 7.91. The van der Waals surface area contributed by atoms with Crippen LogP contribution in [0, 0.1) is 0 Å². The fraction of sp³-hybridized carbons (Fsp3) is 1.00. The average Bonchev–Trinajstić information content (AvgIpc) is 2.31. The Bertz CT molecular complexity index is 110. The Morgan fingerprint density at radius 3 is 1.56 bits per heavy atom. The molecule has 0 bridgehead atoms. The lowest BCUT2D eigenvalue weighted by Gasteiger charge is -2.01. The topological polar surface area (TPSA) is 40.5 Å². The minimum Gasteiger partial charge on any atom is -0.396 e. The van der Waals surface area contributed by atoms with Gasteiger partial charge >= 0.3 is 0 Å². The van der Waals surface area contributed by atoms with E-state index in [1.165, 1.54) is 50.7 Å². The van der Waals surface area contributed by atoms with Crippen molar-refractivity contribution >= 4 is 21.6 Å². The molecule has 0 spiro atoms. The first-order valence-corrected chi connectivity index (χ1v) is 8.86. The van der Waals surface area contributed by atoms with Crippen LogP contribution in [0.4, 0.5) is 0 Å². The molecule has 0 aromatic carbocycles. The van der Waals surface area contributed by atoms with Crippen LogP contribution in [0.15, 0.2) is 0 Å². The Morgan fingerprint density at radius 1 is 0.500 bits per heavy atom. The molecule has 0 amide bonds. The van der Waals surface area contributed by atoms with E-state index < -0.39 is 0 Å². The maximum Gasteiger partial charge on any atom is 0.0530 e. The molecular formula is C12H26O2S2. The molecule has 2 nitrogen and oxygen atoms in total. The second kappa shape index (κ2) is 15.6. The Hall–Kier alpha value is 0.620. The van der Waals surface area contributed by atoms with Gasteiger partial charge in [-0.3, -0.25) is 0 Å². The van der Waals surface area contributed by atoms with Crippen LogP contribution < -0.4 is 0 Å². The molecule has 0 aliphatic carbocycles. The molecule has 0 atom stereocenters. The van der Waals surface area contributed by atoms with Crippen LogP contribution in [0.25, 0.3) is 0 Å². The van der Waals surface area contributed by atoms with Gasteiger partial charge in [0, 0.05) is 18.1 Å². The summed E-state index contributed by atoms with van der Waals surface area (Å²) in [5.74, 6) is 2.07. The summed E-state index contributed by atoms with van der Waals surface area (Å²) in [4.78, 5) is 0. The van der Waals surface area contributed by atoms with Crippen molar-refractivity contribution in [1.29, 1.82) is 0 Å². The standard InChI is InChI=1S/C12H26O2S2/c13-9-7-5-3-1-2-4-6-8-11-15-16-12-10-14/h13-14H,1-12H2. The van der Waals surface area contributed by atoms with Gasteiger partial charge in [0.2, 0.25) is 0 Å². The first kappa shape index (κ1) is 16.6. The summed E-state index contributed by atoms with van der Waals surface area (Å²) in [6.45, 7) is 0.647. The number of rotatable bonds is 13. The average molecular weight is 266 g/mol. The van der Waals surface area contributed by atoms with Crippen molar-refractivity contribution in [2.75, 3.05) is 24.7 Å². The van der Waals surface area contributed by atoms with Crippen LogP contribution in [-0.4, -0.2) is 34.9 Å². The lowest BCUT2D eigenvalue weighted by molar-refractivity contribution is 0.282. The van der Waals surface area contributed by atoms with Gasteiger partial charge in [-0.25, -0.2) is 0 Å². The summed E-state index contributed by atoms with van der Waals surface area (Å²) in [6, 6.07) is 0. The zero-order valence-electron chi connectivity index (χ0n) is 10.2. The number of aliphatic hydroxyl groups excluding tert-OH is 2. The van der Waals surface area contributed by atoms with Crippen molar-refractivity contribution in [1.82, 2.24) is 0 Å². The highest BCUT2D eigenvalue weighted by atomic mass is 33.1. The number of aliphatic hydroxyl groups is 2. The molecule has 0 fully saturated rings. The van der Waals surface area contributed by atoms with E-state index in [-0.39, 0.29) is 0 Å². The van der Waals surface area contributed by atoms with E-state index in [1.54, 1.807) is 10.8 Å². The monoisotopic (exact) mass is 266 g/mol. The van der Waals surface area contributed by atoms with Crippen LogP contribution in [0.2, 0.25) is 0 Å². The Morgan fingerprint density at radius 2 is 1.00 bits per heavy atom. The van der Waals surface area contributed by atoms with E-state index >= 15 is 0 Å². The van der Waals surface area contributed by atoms with Crippen LogP contribution in [0.5, 0.6) is 0 Å². The third-order valence-electron chi connectivity index (χ3n) is 2.39. The molecule has 4 heteroatoms. The molecule has 98 valence electrons. The maximum atomic E-state index is 8.61. The van der Waals surface area contributed by atoms with E-state index in [0.717, 1.165) is 12.2 Å². The minimum absolute atomic E-state index is 0.297. The number of unbranched alkanes of at least 4 members (excludes halogenated alkanes) is 7. The summed E-state index contributed by atoms with van der Waals surface area (Å²) < 4.78 is 0. The molecule has 0 unspecified atom stereocenters. The Kier molecular flexibility index (Phi) is 16.2. The SMILES string of the molecule is OCCCCCCCCCCSSCCO. The predicted octanol–water partition coefficient (Wildman–Crippen LogP) is 3.47. The summed E-state index contributed by atoms with van der Waals surface area (Å²) in [5.41, 5.74) is 0. The molecule has 16 heavy (non-hydrogen) atoms. The van der Waals surface area contributed by atoms with Gasteiger partial charge in [-0.05, 0) is 12.8 Å². The van der Waals surface area contributed by atoms with Gasteiger partial charge < -0.3 is 10.2 Å². The Labute approximate surface area is 108 Å². The van der Waals surface area contributed by atoms with E-state index in [1.807, 2.05) is 10.8 Å². The van der Waals surface area contributed by atoms with Crippen molar-refractivity contribution in [3.8, 4) is 0 Å². The van der Waals surface area contributed by atoms with Gasteiger partial charge in [-0.15, -0.1) is 0 Å². The van der Waals surface area contributed by atoms with E-state index in [4.69, 9.17) is 10.2 Å². The van der Waals surface area contributed by atoms with Gasteiger partial charge in [0.05, 0.1) is 6.61 Å². The fourth-order valence-electron chi connectivity index (χ4n) is 1.49. The van der Waals surface area contributed by atoms with Crippen LogP contribution in [0.3, 0.4) is 0 Å². The van der Waals surface area contributed by atoms with Crippen molar-refractivity contribution < 1.29 is 10.2 Å². The summed E-state index contributed by atoms with van der Waals surface area (Å²) >= 11 is 0. The van der Waals surface area contributed by atoms with Gasteiger partial charge in [0.25, 0.3) is 0 Å². The summed E-state index contributed by atoms with van der Waals surface area (Å²) in [5, 5.41) is 17.2. The predicted molar refractivity (Wildman–Crippen MR) is 76.0 cm³/mol. The Balaban J connectivity index is 2.83. The van der Waals surface area contributed by atoms with Gasteiger partial charge in [0.1, 0.15) is 0 Å². The molecule has 0 aliphatic heterocycles. The maximum absolute atomic E-state index is 8.61. The second-order valence-corrected chi connectivity index (χ2v) is 6.62. The normalized spacial score (nSPS) is 10.9. The van der Waals surface area contributed by atoms with Gasteiger partial charge in [-0.2, -0.15) is 0 Å². The summed E-state index contributed by atoms with van der Waals surface area (Å²) in [7, 11) is 3.66. The second-order valence-electron chi connectivity index (χ2n) is 3.92.